The van der Waals surface area contributed by atoms with Crippen molar-refractivity contribution in [2.45, 2.75) is 73.8 Å². The molecule has 9 heteroatoms. The van der Waals surface area contributed by atoms with Gasteiger partial charge in [-0.2, -0.15) is 0 Å². The summed E-state index contributed by atoms with van der Waals surface area (Å²) in [7, 11) is 0. The molecular formula is C27H39N5O3S. The van der Waals surface area contributed by atoms with Gasteiger partial charge in [0.05, 0.1) is 5.37 Å². The number of hydrogen-bond donors (Lipinski definition) is 3. The van der Waals surface area contributed by atoms with E-state index in [1.54, 1.807) is 4.90 Å². The molecule has 0 bridgehead atoms. The molecule has 8 nitrogen and oxygen atoms in total. The van der Waals surface area contributed by atoms with Crippen LogP contribution in [0.1, 0.15) is 79.1 Å². The summed E-state index contributed by atoms with van der Waals surface area (Å²) in [5.41, 5.74) is 4.53. The molecule has 0 radical (unpaired) electrons. The largest absolute Gasteiger partial charge is 0.380 e. The molecule has 6 rings (SSSR count). The van der Waals surface area contributed by atoms with E-state index in [4.69, 9.17) is 0 Å². The Bertz CT molecular complexity index is 970. The van der Waals surface area contributed by atoms with Crippen molar-refractivity contribution in [1.82, 2.24) is 25.6 Å². The minimum absolute atomic E-state index is 0.0130. The Morgan fingerprint density at radius 3 is 2.19 bits per heavy atom. The summed E-state index contributed by atoms with van der Waals surface area (Å²) in [6, 6.07) is 8.08. The van der Waals surface area contributed by atoms with Crippen LogP contribution in [-0.2, 0) is 4.79 Å². The molecule has 2 amide bonds. The molecule has 1 aromatic carbocycles. The van der Waals surface area contributed by atoms with Gasteiger partial charge in [0.15, 0.2) is 0 Å². The number of rotatable bonds is 4. The van der Waals surface area contributed by atoms with Gasteiger partial charge in [0.25, 0.3) is 11.8 Å². The molecule has 3 heterocycles. The van der Waals surface area contributed by atoms with Crippen LogP contribution >= 0.6 is 11.8 Å². The van der Waals surface area contributed by atoms with Crippen LogP contribution in [0.2, 0.25) is 0 Å². The first-order chi connectivity index (χ1) is 17.5. The van der Waals surface area contributed by atoms with Gasteiger partial charge in [-0.15, -0.1) is 0 Å². The van der Waals surface area contributed by atoms with E-state index in [0.717, 1.165) is 13.1 Å². The van der Waals surface area contributed by atoms with Crippen LogP contribution in [0, 0.1) is 5.92 Å². The molecule has 5 aliphatic rings. The van der Waals surface area contributed by atoms with Gasteiger partial charge in [0.1, 0.15) is 10.6 Å². The summed E-state index contributed by atoms with van der Waals surface area (Å²) < 4.78 is 0. The van der Waals surface area contributed by atoms with Crippen LogP contribution in [0.15, 0.2) is 24.3 Å². The van der Waals surface area contributed by atoms with Gasteiger partial charge < -0.3 is 14.9 Å². The number of hydrogen-bond acceptors (Lipinski definition) is 7. The predicted octanol–water partition coefficient (Wildman–Crippen LogP) is 2.67. The van der Waals surface area contributed by atoms with Crippen molar-refractivity contribution in [2.75, 3.05) is 39.3 Å². The van der Waals surface area contributed by atoms with E-state index in [-0.39, 0.29) is 22.2 Å². The van der Waals surface area contributed by atoms with Gasteiger partial charge in [0, 0.05) is 50.7 Å². The molecule has 3 aliphatic heterocycles. The second-order valence-electron chi connectivity index (χ2n) is 11.2. The molecule has 2 unspecified atom stereocenters. The number of hydrazine groups is 1. The Hall–Kier alpha value is -1.65. The highest BCUT2D eigenvalue weighted by atomic mass is 32.2. The molecule has 5 fully saturated rings. The predicted molar refractivity (Wildman–Crippen MR) is 140 cm³/mol. The van der Waals surface area contributed by atoms with Crippen molar-refractivity contribution in [1.29, 1.82) is 0 Å². The van der Waals surface area contributed by atoms with Crippen LogP contribution < -0.4 is 10.7 Å². The van der Waals surface area contributed by atoms with Crippen molar-refractivity contribution < 1.29 is 14.7 Å². The molecule has 2 saturated carbocycles. The molecule has 196 valence electrons. The third kappa shape index (κ3) is 4.58. The lowest BCUT2D eigenvalue weighted by Crippen LogP contribution is -2.53. The summed E-state index contributed by atoms with van der Waals surface area (Å²) in [6.07, 6.45) is 10.4. The van der Waals surface area contributed by atoms with Crippen molar-refractivity contribution >= 4 is 23.6 Å². The number of aliphatic hydroxyl groups is 1. The first-order valence-corrected chi connectivity index (χ1v) is 14.7. The molecule has 3 saturated heterocycles. The summed E-state index contributed by atoms with van der Waals surface area (Å²) in [5.74, 6) is 0.488. The first kappa shape index (κ1) is 24.7. The number of nitrogens with one attached hydrogen (secondary N) is 2. The minimum atomic E-state index is -1.13. The zero-order valence-corrected chi connectivity index (χ0v) is 21.9. The van der Waals surface area contributed by atoms with Crippen molar-refractivity contribution in [3.63, 3.8) is 0 Å². The van der Waals surface area contributed by atoms with Crippen molar-refractivity contribution in [3.05, 3.63) is 35.4 Å². The molecule has 36 heavy (non-hydrogen) atoms. The number of benzene rings is 1. The summed E-state index contributed by atoms with van der Waals surface area (Å²) in [6.45, 7) is 4.02. The van der Waals surface area contributed by atoms with Crippen molar-refractivity contribution in [2.24, 2.45) is 5.92 Å². The number of nitrogens with zero attached hydrogens (tertiary/aromatic N) is 3. The van der Waals surface area contributed by atoms with Crippen LogP contribution in [0.25, 0.3) is 0 Å². The smallest absolute Gasteiger partial charge is 0.254 e. The van der Waals surface area contributed by atoms with Crippen molar-refractivity contribution in [3.8, 4) is 0 Å². The van der Waals surface area contributed by atoms with E-state index in [0.29, 0.717) is 50.5 Å². The second kappa shape index (κ2) is 9.91. The number of carbonyl (C=O) groups is 2. The average Bonchev–Trinajstić information content (AvgIpc) is 3.34. The fraction of sp³-hybridized carbons (Fsp3) is 0.704. The standard InChI is InChI=1S/C27H39N5O3S/c33-24(30-16-18-31(19-17-30)25(34)26(35)12-13-26)21-10-8-20(9-11-21)23-29-32-15-14-28-27(32,36-23)22-6-4-2-1-3-5-7-22/h8-11,22-23,28-29,35H,1-7,12-19H2. The number of thioether (sulfide) groups is 1. The SMILES string of the molecule is O=C(c1ccc(C2NN3CCNC3(C3CCCCCCC3)S2)cc1)N1CCN(C(=O)C2(O)CC2)CC1. The minimum Gasteiger partial charge on any atom is -0.380 e. The van der Waals surface area contributed by atoms with Crippen LogP contribution in [-0.4, -0.2) is 81.6 Å². The normalized spacial score (nSPS) is 31.1. The molecule has 2 aliphatic carbocycles. The lowest BCUT2D eigenvalue weighted by Gasteiger charge is -2.39. The van der Waals surface area contributed by atoms with E-state index in [9.17, 15) is 14.7 Å². The highest BCUT2D eigenvalue weighted by molar-refractivity contribution is 8.01. The topological polar surface area (TPSA) is 88.2 Å². The highest BCUT2D eigenvalue weighted by Crippen LogP contribution is 2.52. The van der Waals surface area contributed by atoms with Gasteiger partial charge in [-0.3, -0.25) is 14.9 Å². The Balaban J connectivity index is 1.08. The monoisotopic (exact) mass is 513 g/mol. The van der Waals surface area contributed by atoms with Gasteiger partial charge in [0.2, 0.25) is 0 Å². The number of piperazine rings is 1. The highest BCUT2D eigenvalue weighted by Gasteiger charge is 2.54. The third-order valence-corrected chi connectivity index (χ3v) is 10.5. The van der Waals surface area contributed by atoms with Gasteiger partial charge >= 0.3 is 0 Å². The number of fused-ring (bicyclic) bond motifs is 1. The van der Waals surface area contributed by atoms with Crippen LogP contribution in [0.3, 0.4) is 0 Å². The zero-order valence-electron chi connectivity index (χ0n) is 21.1. The van der Waals surface area contributed by atoms with Gasteiger partial charge in [-0.05, 0) is 43.4 Å². The maximum atomic E-state index is 13.1. The second-order valence-corrected chi connectivity index (χ2v) is 12.5. The van der Waals surface area contributed by atoms with Crippen LogP contribution in [0.5, 0.6) is 0 Å². The zero-order chi connectivity index (χ0) is 24.8. The van der Waals surface area contributed by atoms with Gasteiger partial charge in [-0.25, -0.2) is 10.4 Å². The summed E-state index contributed by atoms with van der Waals surface area (Å²) in [5, 5.41) is 16.6. The molecule has 1 aromatic rings. The molecule has 2 atom stereocenters. The van der Waals surface area contributed by atoms with E-state index in [1.807, 2.05) is 28.8 Å². The average molecular weight is 514 g/mol. The lowest BCUT2D eigenvalue weighted by molar-refractivity contribution is -0.143. The fourth-order valence-electron chi connectivity index (χ4n) is 6.39. The van der Waals surface area contributed by atoms with Gasteiger partial charge in [-0.1, -0.05) is 56.0 Å². The number of amides is 2. The molecule has 3 N–H and O–H groups in total. The Kier molecular flexibility index (Phi) is 6.79. The van der Waals surface area contributed by atoms with E-state index in [2.05, 4.69) is 27.9 Å². The van der Waals surface area contributed by atoms with E-state index in [1.165, 1.54) is 50.5 Å². The summed E-state index contributed by atoms with van der Waals surface area (Å²) in [4.78, 5) is 29.0. The number of carbonyl (C=O) groups excluding carboxylic acids is 2. The quantitative estimate of drug-likeness (QED) is 0.571. The molecule has 0 aromatic heterocycles. The molecule has 0 spiro atoms. The van der Waals surface area contributed by atoms with E-state index >= 15 is 0 Å². The third-order valence-electron chi connectivity index (χ3n) is 8.78. The maximum absolute atomic E-state index is 13.1. The Labute approximate surface area is 218 Å². The first-order valence-electron chi connectivity index (χ1n) is 13.9. The van der Waals surface area contributed by atoms with Crippen LogP contribution in [0.4, 0.5) is 0 Å². The maximum Gasteiger partial charge on any atom is 0.254 e. The Morgan fingerprint density at radius 2 is 1.53 bits per heavy atom. The fourth-order valence-corrected chi connectivity index (χ4v) is 8.11. The lowest BCUT2D eigenvalue weighted by atomic mass is 9.88. The Morgan fingerprint density at radius 1 is 0.889 bits per heavy atom. The summed E-state index contributed by atoms with van der Waals surface area (Å²) >= 11 is 2.01. The van der Waals surface area contributed by atoms with E-state index < -0.39 is 5.60 Å². The molecular weight excluding hydrogens is 474 g/mol.